The molecule has 1 nitrogen and oxygen atoms in total. The number of aliphatic hydroxyl groups excluding tert-OH is 1. The molecule has 1 aromatic rings. The van der Waals surface area contributed by atoms with Crippen molar-refractivity contribution in [3.8, 4) is 0 Å². The Kier molecular flexibility index (Phi) is 3.28. The molecule has 0 saturated carbocycles. The van der Waals surface area contributed by atoms with Gasteiger partial charge in [-0.15, -0.1) is 0 Å². The van der Waals surface area contributed by atoms with Crippen molar-refractivity contribution in [2.75, 3.05) is 0 Å². The Morgan fingerprint density at radius 1 is 1.54 bits per heavy atom. The van der Waals surface area contributed by atoms with E-state index in [0.29, 0.717) is 12.0 Å². The maximum absolute atomic E-state index is 13.5. The van der Waals surface area contributed by atoms with E-state index >= 15 is 0 Å². The van der Waals surface area contributed by atoms with Gasteiger partial charge in [0.25, 0.3) is 0 Å². The van der Waals surface area contributed by atoms with Crippen LogP contribution in [0.2, 0.25) is 5.02 Å². The van der Waals surface area contributed by atoms with Crippen LogP contribution in [0.15, 0.2) is 12.1 Å². The fraction of sp³-hybridized carbons (Fsp3) is 0.400. The first-order chi connectivity index (χ1) is 6.07. The molecule has 13 heavy (non-hydrogen) atoms. The first-order valence-electron chi connectivity index (χ1n) is 4.20. The molecule has 0 bridgehead atoms. The average Bonchev–Trinajstić information content (AvgIpc) is 2.12. The lowest BCUT2D eigenvalue weighted by molar-refractivity contribution is 0.169. The molecule has 1 atom stereocenters. The highest BCUT2D eigenvalue weighted by Crippen LogP contribution is 2.29. The summed E-state index contributed by atoms with van der Waals surface area (Å²) in [5, 5.41) is 9.78. The minimum absolute atomic E-state index is 0.212. The van der Waals surface area contributed by atoms with Crippen LogP contribution in [0.3, 0.4) is 0 Å². The maximum Gasteiger partial charge on any atom is 0.133 e. The first kappa shape index (κ1) is 10.5. The molecule has 72 valence electrons. The molecule has 0 saturated heterocycles. The molecular weight excluding hydrogens is 191 g/mol. The molecule has 0 heterocycles. The lowest BCUT2D eigenvalue weighted by atomic mass is 10.0. The molecule has 0 radical (unpaired) electrons. The van der Waals surface area contributed by atoms with E-state index in [9.17, 15) is 9.50 Å². The van der Waals surface area contributed by atoms with E-state index in [-0.39, 0.29) is 10.6 Å². The predicted octanol–water partition coefficient (Wildman–Crippen LogP) is 3.23. The van der Waals surface area contributed by atoms with Crippen molar-refractivity contribution in [1.29, 1.82) is 0 Å². The van der Waals surface area contributed by atoms with Gasteiger partial charge in [-0.2, -0.15) is 0 Å². The second-order valence-electron chi connectivity index (χ2n) is 3.02. The van der Waals surface area contributed by atoms with Crippen LogP contribution in [-0.4, -0.2) is 5.11 Å². The van der Waals surface area contributed by atoms with E-state index in [1.807, 2.05) is 0 Å². The molecule has 0 amide bonds. The SMILES string of the molecule is CCC(O)c1c(Cl)ccc(C)c1F. The molecule has 0 aromatic heterocycles. The first-order valence-corrected chi connectivity index (χ1v) is 4.58. The van der Waals surface area contributed by atoms with Crippen LogP contribution >= 0.6 is 11.6 Å². The summed E-state index contributed by atoms with van der Waals surface area (Å²) >= 11 is 5.78. The molecule has 0 aliphatic heterocycles. The van der Waals surface area contributed by atoms with Crippen LogP contribution in [0.4, 0.5) is 4.39 Å². The summed E-state index contributed by atoms with van der Waals surface area (Å²) in [6.45, 7) is 3.43. The van der Waals surface area contributed by atoms with Gasteiger partial charge in [0, 0.05) is 10.6 Å². The van der Waals surface area contributed by atoms with Crippen molar-refractivity contribution in [3.05, 3.63) is 34.1 Å². The van der Waals surface area contributed by atoms with Crippen molar-refractivity contribution >= 4 is 11.6 Å². The number of halogens is 2. The van der Waals surface area contributed by atoms with Gasteiger partial charge in [-0.25, -0.2) is 4.39 Å². The van der Waals surface area contributed by atoms with Gasteiger partial charge in [0.05, 0.1) is 6.10 Å². The molecular formula is C10H12ClFO. The summed E-state index contributed by atoms with van der Waals surface area (Å²) in [5.74, 6) is -0.401. The Morgan fingerprint density at radius 3 is 2.69 bits per heavy atom. The molecule has 1 N–H and O–H groups in total. The van der Waals surface area contributed by atoms with Gasteiger partial charge >= 0.3 is 0 Å². The van der Waals surface area contributed by atoms with Crippen molar-refractivity contribution < 1.29 is 9.50 Å². The lowest BCUT2D eigenvalue weighted by Crippen LogP contribution is -2.01. The monoisotopic (exact) mass is 202 g/mol. The van der Waals surface area contributed by atoms with Crippen LogP contribution in [0.25, 0.3) is 0 Å². The molecule has 1 rings (SSSR count). The smallest absolute Gasteiger partial charge is 0.133 e. The second-order valence-corrected chi connectivity index (χ2v) is 3.42. The van der Waals surface area contributed by atoms with Crippen molar-refractivity contribution in [2.45, 2.75) is 26.4 Å². The van der Waals surface area contributed by atoms with Gasteiger partial charge in [-0.05, 0) is 25.0 Å². The minimum atomic E-state index is -0.813. The van der Waals surface area contributed by atoms with Gasteiger partial charge < -0.3 is 5.11 Å². The number of aliphatic hydroxyl groups is 1. The highest BCUT2D eigenvalue weighted by atomic mass is 35.5. The van der Waals surface area contributed by atoms with E-state index in [2.05, 4.69) is 0 Å². The Bertz CT molecular complexity index is 312. The van der Waals surface area contributed by atoms with Gasteiger partial charge in [0.2, 0.25) is 0 Å². The molecule has 1 unspecified atom stereocenters. The Labute approximate surface area is 82.2 Å². The number of hydrogen-bond donors (Lipinski definition) is 1. The quantitative estimate of drug-likeness (QED) is 0.781. The molecule has 0 spiro atoms. The summed E-state index contributed by atoms with van der Waals surface area (Å²) in [6.07, 6.45) is -0.354. The normalized spacial score (nSPS) is 13.0. The van der Waals surface area contributed by atoms with Crippen molar-refractivity contribution in [1.82, 2.24) is 0 Å². The second kappa shape index (κ2) is 4.07. The topological polar surface area (TPSA) is 20.2 Å². The largest absolute Gasteiger partial charge is 0.388 e. The maximum atomic E-state index is 13.5. The van der Waals surface area contributed by atoms with Crippen LogP contribution in [0.1, 0.15) is 30.6 Å². The van der Waals surface area contributed by atoms with Crippen molar-refractivity contribution in [2.24, 2.45) is 0 Å². The third-order valence-electron chi connectivity index (χ3n) is 2.04. The fourth-order valence-electron chi connectivity index (χ4n) is 1.19. The Balaban J connectivity index is 3.25. The predicted molar refractivity (Wildman–Crippen MR) is 51.4 cm³/mol. The third kappa shape index (κ3) is 2.01. The van der Waals surface area contributed by atoms with Gasteiger partial charge in [-0.3, -0.25) is 0 Å². The zero-order chi connectivity index (χ0) is 10.0. The van der Waals surface area contributed by atoms with Gasteiger partial charge in [0.15, 0.2) is 0 Å². The van der Waals surface area contributed by atoms with Crippen molar-refractivity contribution in [3.63, 3.8) is 0 Å². The average molecular weight is 203 g/mol. The lowest BCUT2D eigenvalue weighted by Gasteiger charge is -2.12. The van der Waals surface area contributed by atoms with Crippen LogP contribution < -0.4 is 0 Å². The Hall–Kier alpha value is -0.600. The third-order valence-corrected chi connectivity index (χ3v) is 2.37. The molecule has 0 aliphatic carbocycles. The standard InChI is InChI=1S/C10H12ClFO/c1-3-8(13)9-7(11)5-4-6(2)10(9)12/h4-5,8,13H,3H2,1-2H3. The molecule has 3 heteroatoms. The Morgan fingerprint density at radius 2 is 2.15 bits per heavy atom. The van der Waals surface area contributed by atoms with E-state index in [1.165, 1.54) is 0 Å². The van der Waals surface area contributed by atoms with Gasteiger partial charge in [0.1, 0.15) is 5.82 Å². The number of rotatable bonds is 2. The highest BCUT2D eigenvalue weighted by molar-refractivity contribution is 6.31. The molecule has 1 aromatic carbocycles. The number of benzene rings is 1. The van der Waals surface area contributed by atoms with E-state index in [0.717, 1.165) is 0 Å². The summed E-state index contributed by atoms with van der Waals surface area (Å²) < 4.78 is 13.5. The molecule has 0 fully saturated rings. The summed E-state index contributed by atoms with van der Waals surface area (Å²) in [6, 6.07) is 3.21. The van der Waals surface area contributed by atoms with E-state index in [1.54, 1.807) is 26.0 Å². The summed E-state index contributed by atoms with van der Waals surface area (Å²) in [5.41, 5.74) is 0.719. The van der Waals surface area contributed by atoms with Crippen LogP contribution in [-0.2, 0) is 0 Å². The number of aryl methyl sites for hydroxylation is 1. The number of hydrogen-bond acceptors (Lipinski definition) is 1. The fourth-order valence-corrected chi connectivity index (χ4v) is 1.46. The zero-order valence-electron chi connectivity index (χ0n) is 7.64. The van der Waals surface area contributed by atoms with E-state index < -0.39 is 11.9 Å². The zero-order valence-corrected chi connectivity index (χ0v) is 8.40. The minimum Gasteiger partial charge on any atom is -0.388 e. The van der Waals surface area contributed by atoms with Gasteiger partial charge in [-0.1, -0.05) is 24.6 Å². The summed E-state index contributed by atoms with van der Waals surface area (Å²) in [7, 11) is 0. The van der Waals surface area contributed by atoms with Crippen LogP contribution in [0, 0.1) is 12.7 Å². The van der Waals surface area contributed by atoms with Crippen LogP contribution in [0.5, 0.6) is 0 Å². The van der Waals surface area contributed by atoms with E-state index in [4.69, 9.17) is 11.6 Å². The highest BCUT2D eigenvalue weighted by Gasteiger charge is 2.16. The summed E-state index contributed by atoms with van der Waals surface area (Å²) in [4.78, 5) is 0. The molecule has 0 aliphatic rings.